The van der Waals surface area contributed by atoms with E-state index >= 15 is 0 Å². The molecule has 66 valence electrons. The van der Waals surface area contributed by atoms with Crippen LogP contribution in [0.4, 0.5) is 0 Å². The molecule has 0 radical (unpaired) electrons. The highest BCUT2D eigenvalue weighted by molar-refractivity contribution is 7.12. The molecule has 12 heavy (non-hydrogen) atoms. The van der Waals surface area contributed by atoms with E-state index in [0.717, 1.165) is 7.11 Å². The molecule has 1 aromatic heterocycles. The Balaban J connectivity index is 0.000000561. The summed E-state index contributed by atoms with van der Waals surface area (Å²) >= 11 is 1.36. The van der Waals surface area contributed by atoms with Crippen LogP contribution in [0, 0.1) is 0 Å². The Hall–Kier alpha value is -1.000. The van der Waals surface area contributed by atoms with Crippen molar-refractivity contribution in [1.82, 2.24) is 0 Å². The average Bonchev–Trinajstić information content (AvgIpc) is 2.60. The van der Waals surface area contributed by atoms with Gasteiger partial charge in [-0.3, -0.25) is 4.79 Å². The normalized spacial score (nSPS) is 8.17. The van der Waals surface area contributed by atoms with E-state index in [4.69, 9.17) is 5.11 Å². The maximum absolute atomic E-state index is 10.9. The van der Waals surface area contributed by atoms with Gasteiger partial charge in [0.15, 0.2) is 5.78 Å². The SMILES string of the molecule is CO.O=CCC(=O)c1cccs1. The van der Waals surface area contributed by atoms with Gasteiger partial charge in [0.05, 0.1) is 11.3 Å². The van der Waals surface area contributed by atoms with Crippen molar-refractivity contribution in [3.8, 4) is 0 Å². The van der Waals surface area contributed by atoms with Gasteiger partial charge in [-0.2, -0.15) is 0 Å². The van der Waals surface area contributed by atoms with Crippen LogP contribution in [0.15, 0.2) is 17.5 Å². The number of hydrogen-bond acceptors (Lipinski definition) is 4. The van der Waals surface area contributed by atoms with E-state index < -0.39 is 0 Å². The summed E-state index contributed by atoms with van der Waals surface area (Å²) in [6.45, 7) is 0. The summed E-state index contributed by atoms with van der Waals surface area (Å²) in [7, 11) is 1.00. The summed E-state index contributed by atoms with van der Waals surface area (Å²) in [6, 6.07) is 3.51. The molecule has 1 N–H and O–H groups in total. The first-order valence-corrected chi connectivity index (χ1v) is 4.17. The molecule has 0 fully saturated rings. The van der Waals surface area contributed by atoms with Crippen molar-refractivity contribution in [3.05, 3.63) is 22.4 Å². The lowest BCUT2D eigenvalue weighted by Crippen LogP contribution is -1.94. The first-order valence-electron chi connectivity index (χ1n) is 3.29. The first kappa shape index (κ1) is 11.0. The Bertz CT molecular complexity index is 228. The number of carbonyl (C=O) groups excluding carboxylic acids is 2. The molecular weight excluding hydrogens is 176 g/mol. The number of thiophene rings is 1. The van der Waals surface area contributed by atoms with Gasteiger partial charge in [0.25, 0.3) is 0 Å². The molecule has 1 heterocycles. The van der Waals surface area contributed by atoms with E-state index in [2.05, 4.69) is 0 Å². The third-order valence-electron chi connectivity index (χ3n) is 1.06. The molecule has 0 aliphatic carbocycles. The molecule has 0 aliphatic heterocycles. The molecule has 0 aromatic carbocycles. The number of Topliss-reactive ketones (excluding diaryl/α,β-unsaturated/α-hetero) is 1. The summed E-state index contributed by atoms with van der Waals surface area (Å²) in [6.07, 6.45) is 0.628. The lowest BCUT2D eigenvalue weighted by Gasteiger charge is -1.85. The van der Waals surface area contributed by atoms with Crippen LogP contribution in [-0.2, 0) is 4.79 Å². The van der Waals surface area contributed by atoms with Crippen LogP contribution in [0.1, 0.15) is 16.1 Å². The Labute approximate surface area is 74.7 Å². The highest BCUT2D eigenvalue weighted by Gasteiger charge is 2.03. The molecule has 1 rings (SSSR count). The standard InChI is InChI=1S/C7H6O2S.CH4O/c8-4-3-6(9)7-2-1-5-10-7;1-2/h1-2,4-5H,3H2;2H,1H3. The smallest absolute Gasteiger partial charge is 0.179 e. The van der Waals surface area contributed by atoms with Crippen LogP contribution in [0.25, 0.3) is 0 Å². The number of aliphatic hydroxyl groups excluding tert-OH is 1. The highest BCUT2D eigenvalue weighted by Crippen LogP contribution is 2.09. The summed E-state index contributed by atoms with van der Waals surface area (Å²) < 4.78 is 0. The van der Waals surface area contributed by atoms with Gasteiger partial charge in [-0.15, -0.1) is 11.3 Å². The van der Waals surface area contributed by atoms with Gasteiger partial charge in [0, 0.05) is 7.11 Å². The number of rotatable bonds is 3. The third kappa shape index (κ3) is 3.41. The van der Waals surface area contributed by atoms with Crippen LogP contribution in [-0.4, -0.2) is 24.3 Å². The number of ketones is 1. The zero-order chi connectivity index (χ0) is 9.40. The van der Waals surface area contributed by atoms with Crippen LogP contribution >= 0.6 is 11.3 Å². The largest absolute Gasteiger partial charge is 0.400 e. The molecule has 4 heteroatoms. The maximum Gasteiger partial charge on any atom is 0.179 e. The molecule has 0 bridgehead atoms. The van der Waals surface area contributed by atoms with E-state index in [0.29, 0.717) is 11.2 Å². The zero-order valence-corrected chi connectivity index (χ0v) is 7.50. The minimum atomic E-state index is -0.0926. The zero-order valence-electron chi connectivity index (χ0n) is 6.69. The summed E-state index contributed by atoms with van der Waals surface area (Å²) in [4.78, 5) is 21.4. The Morgan fingerprint density at radius 3 is 2.75 bits per heavy atom. The van der Waals surface area contributed by atoms with E-state index in [9.17, 15) is 9.59 Å². The fourth-order valence-electron chi connectivity index (χ4n) is 0.614. The maximum atomic E-state index is 10.9. The summed E-state index contributed by atoms with van der Waals surface area (Å²) in [5, 5.41) is 8.82. The summed E-state index contributed by atoms with van der Waals surface area (Å²) in [5.41, 5.74) is 0. The summed E-state index contributed by atoms with van der Waals surface area (Å²) in [5.74, 6) is -0.0926. The second kappa shape index (κ2) is 6.69. The van der Waals surface area contributed by atoms with Crippen molar-refractivity contribution in [2.75, 3.05) is 7.11 Å². The molecule has 3 nitrogen and oxygen atoms in total. The predicted molar refractivity (Wildman–Crippen MR) is 47.5 cm³/mol. The number of hydrogen-bond donors (Lipinski definition) is 1. The molecule has 0 saturated carbocycles. The van der Waals surface area contributed by atoms with E-state index in [-0.39, 0.29) is 12.2 Å². The molecule has 0 amide bonds. The molecule has 0 spiro atoms. The number of aldehydes is 1. The minimum Gasteiger partial charge on any atom is -0.400 e. The van der Waals surface area contributed by atoms with Crippen molar-refractivity contribution in [2.24, 2.45) is 0 Å². The lowest BCUT2D eigenvalue weighted by atomic mass is 10.2. The van der Waals surface area contributed by atoms with Crippen LogP contribution < -0.4 is 0 Å². The van der Waals surface area contributed by atoms with E-state index in [1.54, 1.807) is 12.1 Å². The number of aliphatic hydroxyl groups is 1. The topological polar surface area (TPSA) is 54.4 Å². The molecule has 0 atom stereocenters. The first-order chi connectivity index (χ1) is 5.84. The average molecular weight is 186 g/mol. The van der Waals surface area contributed by atoms with Gasteiger partial charge < -0.3 is 9.90 Å². The fraction of sp³-hybridized carbons (Fsp3) is 0.250. The van der Waals surface area contributed by atoms with Crippen molar-refractivity contribution in [1.29, 1.82) is 0 Å². The van der Waals surface area contributed by atoms with Crippen molar-refractivity contribution in [3.63, 3.8) is 0 Å². The highest BCUT2D eigenvalue weighted by atomic mass is 32.1. The van der Waals surface area contributed by atoms with Gasteiger partial charge in [-0.05, 0) is 11.4 Å². The molecule has 0 unspecified atom stereocenters. The van der Waals surface area contributed by atoms with Gasteiger partial charge in [0.1, 0.15) is 6.29 Å². The molecule has 1 aromatic rings. The van der Waals surface area contributed by atoms with Gasteiger partial charge >= 0.3 is 0 Å². The van der Waals surface area contributed by atoms with Crippen LogP contribution in [0.2, 0.25) is 0 Å². The Kier molecular flexibility index (Phi) is 6.14. The Morgan fingerprint density at radius 1 is 1.67 bits per heavy atom. The second-order valence-corrected chi connectivity index (χ2v) is 2.72. The van der Waals surface area contributed by atoms with E-state index in [1.807, 2.05) is 5.38 Å². The van der Waals surface area contributed by atoms with Crippen molar-refractivity contribution in [2.45, 2.75) is 6.42 Å². The Morgan fingerprint density at radius 2 is 2.33 bits per heavy atom. The van der Waals surface area contributed by atoms with Crippen LogP contribution in [0.5, 0.6) is 0 Å². The molecule has 0 saturated heterocycles. The number of carbonyl (C=O) groups is 2. The van der Waals surface area contributed by atoms with Gasteiger partial charge in [0.2, 0.25) is 0 Å². The quantitative estimate of drug-likeness (QED) is 0.437. The molecular formula is C8H10O3S. The predicted octanol–water partition coefficient (Wildman–Crippen LogP) is 1.13. The van der Waals surface area contributed by atoms with Crippen molar-refractivity contribution < 1.29 is 14.7 Å². The van der Waals surface area contributed by atoms with Gasteiger partial charge in [-0.25, -0.2) is 0 Å². The molecule has 0 aliphatic rings. The second-order valence-electron chi connectivity index (χ2n) is 1.77. The van der Waals surface area contributed by atoms with Crippen molar-refractivity contribution >= 4 is 23.4 Å². The minimum absolute atomic E-state index is 0.000509. The lowest BCUT2D eigenvalue weighted by molar-refractivity contribution is -0.107. The fourth-order valence-corrected chi connectivity index (χ4v) is 1.29. The monoisotopic (exact) mass is 186 g/mol. The van der Waals surface area contributed by atoms with Gasteiger partial charge in [-0.1, -0.05) is 6.07 Å². The van der Waals surface area contributed by atoms with Crippen LogP contribution in [0.3, 0.4) is 0 Å². The third-order valence-corrected chi connectivity index (χ3v) is 1.98. The van der Waals surface area contributed by atoms with E-state index in [1.165, 1.54) is 11.3 Å².